The molecule has 0 aromatic rings. The van der Waals surface area contributed by atoms with Gasteiger partial charge in [-0.15, -0.1) is 0 Å². The van der Waals surface area contributed by atoms with Crippen molar-refractivity contribution in [2.45, 2.75) is 0 Å². The molecule has 3 nitrogen and oxygen atoms in total. The third-order valence-corrected chi connectivity index (χ3v) is 0. The fraction of sp³-hybridized carbons (Fsp3) is 0. The Labute approximate surface area is 117 Å². The summed E-state index contributed by atoms with van der Waals surface area (Å²) in [6.45, 7) is 0. The molecule has 7 heavy (non-hydrogen) atoms. The zero-order valence-electron chi connectivity index (χ0n) is 1.80. The average Bonchev–Trinajstić information content (AvgIpc) is 0.811. The number of hydrogen-bond acceptors (Lipinski definition) is 1. The molecule has 0 aliphatic carbocycles. The fourth-order valence-corrected chi connectivity index (χ4v) is 0. The second kappa shape index (κ2) is 15.9. The van der Waals surface area contributed by atoms with E-state index in [1.54, 1.807) is 0 Å². The van der Waals surface area contributed by atoms with E-state index < -0.39 is 9.17 Å². The van der Waals surface area contributed by atoms with Gasteiger partial charge in [0.2, 0.25) is 0 Å². The van der Waals surface area contributed by atoms with Crippen molar-refractivity contribution in [1.82, 2.24) is 0 Å². The predicted octanol–water partition coefficient (Wildman–Crippen LogP) is -3.83. The van der Waals surface area contributed by atoms with E-state index in [0.29, 0.717) is 0 Å². The zero-order chi connectivity index (χ0) is 3.58. The quantitative estimate of drug-likeness (QED) is 0.364. The van der Waals surface area contributed by atoms with Crippen LogP contribution in [0, 0.1) is 0 Å². The topological polar surface area (TPSA) is 57.5 Å². The molecule has 0 bridgehead atoms. The van der Waals surface area contributed by atoms with Crippen LogP contribution < -0.4 is 0 Å². The van der Waals surface area contributed by atoms with Crippen LogP contribution in [0.15, 0.2) is 0 Å². The molecule has 0 saturated heterocycles. The van der Waals surface area contributed by atoms with Gasteiger partial charge in [-0.25, -0.2) is 0 Å². The molecule has 0 unspecified atom stereocenters. The molecule has 0 spiro atoms. The molecule has 0 aliphatic heterocycles. The number of hydrogen-bond donors (Lipinski definition) is 2. The van der Waals surface area contributed by atoms with E-state index >= 15 is 0 Å². The molecule has 0 amide bonds. The van der Waals surface area contributed by atoms with Crippen LogP contribution in [0.3, 0.4) is 0 Å². The van der Waals surface area contributed by atoms with Crippen LogP contribution in [0.2, 0.25) is 0 Å². The van der Waals surface area contributed by atoms with E-state index in [0.717, 1.165) is 0 Å². The van der Waals surface area contributed by atoms with Crippen molar-refractivity contribution >= 4 is 106 Å². The zero-order valence-corrected chi connectivity index (χ0v) is 2.80. The van der Waals surface area contributed by atoms with Gasteiger partial charge in [-0.1, -0.05) is 0 Å². The van der Waals surface area contributed by atoms with Crippen molar-refractivity contribution in [3.8, 4) is 0 Å². The van der Waals surface area contributed by atoms with Crippen LogP contribution in [0.25, 0.3) is 0 Å². The van der Waals surface area contributed by atoms with Gasteiger partial charge in [0.25, 0.3) is 0 Å². The Morgan fingerprint density at radius 2 is 1.14 bits per heavy atom. The monoisotopic (exact) mass is 168 g/mol. The normalized spacial score (nSPS) is 3.43. The average molecular weight is 168 g/mol. The van der Waals surface area contributed by atoms with Crippen LogP contribution in [-0.4, -0.2) is 116 Å². The van der Waals surface area contributed by atoms with E-state index in [1.807, 2.05) is 0 Å². The molecule has 0 aliphatic rings. The molecule has 0 saturated carbocycles. The molecule has 0 heterocycles. The molecule has 0 fully saturated rings. The first kappa shape index (κ1) is 22.5. The van der Waals surface area contributed by atoms with Crippen molar-refractivity contribution in [2.24, 2.45) is 0 Å². The summed E-state index contributed by atoms with van der Waals surface area (Å²) in [7, 11) is -3.13. The summed E-state index contributed by atoms with van der Waals surface area (Å²) in [5.74, 6) is 0. The fourth-order valence-electron chi connectivity index (χ4n) is 0. The van der Waals surface area contributed by atoms with Gasteiger partial charge in [0.15, 0.2) is 0 Å². The Hall–Kier alpha value is 2.88. The summed E-state index contributed by atoms with van der Waals surface area (Å²) in [5.41, 5.74) is 0. The molecule has 32 valence electrons. The van der Waals surface area contributed by atoms with Gasteiger partial charge >= 0.3 is 106 Å². The maximum atomic E-state index is 8.74. The van der Waals surface area contributed by atoms with Crippen LogP contribution in [0.5, 0.6) is 0 Å². The van der Waals surface area contributed by atoms with Gasteiger partial charge in [0.05, 0.1) is 0 Å². The van der Waals surface area contributed by atoms with Crippen molar-refractivity contribution in [3.63, 3.8) is 0 Å². The van der Waals surface area contributed by atoms with Crippen LogP contribution in [0.4, 0.5) is 0 Å². The summed E-state index contributed by atoms with van der Waals surface area (Å²) in [6, 6.07) is 0. The third kappa shape index (κ3) is 50.7. The van der Waals surface area contributed by atoms with Crippen molar-refractivity contribution in [3.05, 3.63) is 0 Å². The molecular weight excluding hydrogens is 162 g/mol. The summed E-state index contributed by atoms with van der Waals surface area (Å²) < 4.78 is 8.74. The molecule has 2 N–H and O–H groups in total. The van der Waals surface area contributed by atoms with Crippen molar-refractivity contribution < 1.29 is 14.1 Å². The molecular formula is H6CaNa2O3Si. The van der Waals surface area contributed by atoms with Crippen molar-refractivity contribution in [1.29, 1.82) is 0 Å². The molecule has 0 atom stereocenters. The summed E-state index contributed by atoms with van der Waals surface area (Å²) in [5, 5.41) is 0. The SMILES string of the molecule is O=[Si](O)O.[CaH2].[NaH].[NaH]. The van der Waals surface area contributed by atoms with Crippen LogP contribution in [0.1, 0.15) is 0 Å². The minimum atomic E-state index is -3.13. The molecule has 0 rings (SSSR count). The van der Waals surface area contributed by atoms with Gasteiger partial charge in [0, 0.05) is 0 Å². The van der Waals surface area contributed by atoms with Gasteiger partial charge < -0.3 is 9.59 Å². The Morgan fingerprint density at radius 3 is 1.14 bits per heavy atom. The standard InChI is InChI=1S/Ca.2Na.H2O3Si.4H/c;;;1-4(2)3;;;;/h;;;1-2H;;;;. The van der Waals surface area contributed by atoms with E-state index in [9.17, 15) is 0 Å². The van der Waals surface area contributed by atoms with E-state index in [1.165, 1.54) is 0 Å². The molecule has 7 heteroatoms. The van der Waals surface area contributed by atoms with E-state index in [4.69, 9.17) is 14.1 Å². The Kier molecular flexibility index (Phi) is 51.3. The van der Waals surface area contributed by atoms with Gasteiger partial charge in [-0.05, 0) is 0 Å². The molecule has 0 aromatic heterocycles. The Balaban J connectivity index is -0.0000000150. The molecule has 0 aromatic carbocycles. The first-order valence-electron chi connectivity index (χ1n) is 0.651. The summed E-state index contributed by atoms with van der Waals surface area (Å²) in [4.78, 5) is 14.3. The van der Waals surface area contributed by atoms with Gasteiger partial charge in [-0.2, -0.15) is 0 Å². The van der Waals surface area contributed by atoms with E-state index in [-0.39, 0.29) is 96.9 Å². The summed E-state index contributed by atoms with van der Waals surface area (Å²) in [6.07, 6.45) is 0. The van der Waals surface area contributed by atoms with Crippen molar-refractivity contribution in [2.75, 3.05) is 0 Å². The van der Waals surface area contributed by atoms with E-state index in [2.05, 4.69) is 0 Å². The summed E-state index contributed by atoms with van der Waals surface area (Å²) >= 11 is 0. The molecule has 0 radical (unpaired) electrons. The van der Waals surface area contributed by atoms with Crippen LogP contribution >= 0.6 is 0 Å². The second-order valence-electron chi connectivity index (χ2n) is 0.283. The predicted molar refractivity (Wildman–Crippen MR) is 33.7 cm³/mol. The second-order valence-corrected chi connectivity index (χ2v) is 0.848. The first-order valence-corrected chi connectivity index (χ1v) is 1.95. The van der Waals surface area contributed by atoms with Gasteiger partial charge in [-0.3, -0.25) is 4.46 Å². The maximum absolute atomic E-state index is 8.74. The minimum absolute atomic E-state index is 0. The first-order chi connectivity index (χ1) is 1.73. The van der Waals surface area contributed by atoms with Gasteiger partial charge in [0.1, 0.15) is 0 Å². The van der Waals surface area contributed by atoms with Crippen LogP contribution in [-0.2, 0) is 4.46 Å². The Bertz CT molecular complexity index is 35.9. The Morgan fingerprint density at radius 1 is 1.14 bits per heavy atom. The third-order valence-electron chi connectivity index (χ3n) is 0. The number of rotatable bonds is 0.